The Bertz CT molecular complexity index is 1600. The van der Waals surface area contributed by atoms with E-state index in [9.17, 15) is 41.5 Å². The van der Waals surface area contributed by atoms with Crippen molar-refractivity contribution in [3.8, 4) is 0 Å². The summed E-state index contributed by atoms with van der Waals surface area (Å²) in [6.45, 7) is 1.80. The molecule has 1 fully saturated rings. The molecule has 0 bridgehead atoms. The number of alkyl halides is 3. The number of halogens is 4. The summed E-state index contributed by atoms with van der Waals surface area (Å²) in [5.41, 5.74) is 2.27. The fourth-order valence-electron chi connectivity index (χ4n) is 6.54. The Labute approximate surface area is 318 Å². The van der Waals surface area contributed by atoms with Gasteiger partial charge < -0.3 is 35.1 Å². The van der Waals surface area contributed by atoms with E-state index in [0.29, 0.717) is 61.0 Å². The number of Topliss-reactive ketones (excluding diaryl/α,β-unsaturated/α-hetero) is 1. The van der Waals surface area contributed by atoms with Crippen LogP contribution >= 0.6 is 0 Å². The number of ether oxygens (including phenoxy) is 3. The van der Waals surface area contributed by atoms with Crippen LogP contribution in [0.1, 0.15) is 74.5 Å². The summed E-state index contributed by atoms with van der Waals surface area (Å²) in [4.78, 5) is 63.3. The quantitative estimate of drug-likeness (QED) is 0.116. The van der Waals surface area contributed by atoms with Crippen LogP contribution in [0.3, 0.4) is 0 Å². The van der Waals surface area contributed by atoms with Gasteiger partial charge in [0.15, 0.2) is 5.78 Å². The maximum absolute atomic E-state index is 13.6. The van der Waals surface area contributed by atoms with Crippen LogP contribution in [0, 0.1) is 11.7 Å². The maximum Gasteiger partial charge on any atom is 0.408 e. The number of anilines is 1. The van der Waals surface area contributed by atoms with Crippen molar-refractivity contribution < 1.29 is 55.7 Å². The normalized spacial score (nSPS) is 16.0. The molecule has 0 radical (unpaired) electrons. The van der Waals surface area contributed by atoms with Gasteiger partial charge in [0.1, 0.15) is 18.5 Å². The smallest absolute Gasteiger partial charge is 0.377 e. The Hall–Kier alpha value is -4.41. The first kappa shape index (κ1) is 43.3. The largest absolute Gasteiger partial charge is 0.408 e. The minimum Gasteiger partial charge on any atom is -0.377 e. The van der Waals surface area contributed by atoms with E-state index in [1.165, 1.54) is 12.1 Å². The van der Waals surface area contributed by atoms with Gasteiger partial charge in [0.2, 0.25) is 23.6 Å². The second-order valence-electron chi connectivity index (χ2n) is 13.7. The standard InChI is InChI=1S/C39H50F4N4O8/c1-26(39(41,42)43)47(24-27-6-9-30(40)10-7-27)37(51)23-45-38(52)33-12-8-29-22-31(11-13-32(29)33)46-36(50)15-14-35(49)44-16-17-53-18-19-54-20-21-55-25-34(48)28-4-2-3-5-28/h6-7,9-11,13,22,26,28,33H,2-5,8,12,14-21,23-25H2,1H3,(H,44,49)(H,45,52)(H,46,50)/t26-,33?/m0/s1. The van der Waals surface area contributed by atoms with Crippen LogP contribution in [0.15, 0.2) is 42.5 Å². The van der Waals surface area contributed by atoms with Gasteiger partial charge in [-0.1, -0.05) is 31.0 Å². The predicted octanol–water partition coefficient (Wildman–Crippen LogP) is 4.60. The Kier molecular flexibility index (Phi) is 17.0. The number of carbonyl (C=O) groups excluding carboxylic acids is 5. The molecule has 2 atom stereocenters. The van der Waals surface area contributed by atoms with Crippen molar-refractivity contribution in [2.75, 3.05) is 58.0 Å². The molecule has 4 rings (SSSR count). The molecule has 0 spiro atoms. The van der Waals surface area contributed by atoms with Gasteiger partial charge in [0.05, 0.1) is 45.5 Å². The third-order valence-corrected chi connectivity index (χ3v) is 9.71. The number of hydrogen-bond acceptors (Lipinski definition) is 8. The molecule has 2 aliphatic carbocycles. The number of nitrogens with zero attached hydrogens (tertiary/aromatic N) is 1. The van der Waals surface area contributed by atoms with Gasteiger partial charge in [0.25, 0.3) is 0 Å². The molecule has 2 aromatic rings. The molecule has 0 heterocycles. The molecule has 1 saturated carbocycles. The molecule has 4 amide bonds. The summed E-state index contributed by atoms with van der Waals surface area (Å²) >= 11 is 0. The fourth-order valence-corrected chi connectivity index (χ4v) is 6.54. The second kappa shape index (κ2) is 21.6. The van der Waals surface area contributed by atoms with Gasteiger partial charge in [-0.25, -0.2) is 4.39 Å². The molecule has 2 aromatic carbocycles. The summed E-state index contributed by atoms with van der Waals surface area (Å²) in [7, 11) is 0. The van der Waals surface area contributed by atoms with Gasteiger partial charge in [0, 0.05) is 37.5 Å². The van der Waals surface area contributed by atoms with E-state index in [0.717, 1.165) is 50.3 Å². The second-order valence-corrected chi connectivity index (χ2v) is 13.7. The summed E-state index contributed by atoms with van der Waals surface area (Å²) in [6.07, 6.45) is 0.226. The van der Waals surface area contributed by atoms with Crippen molar-refractivity contribution in [2.24, 2.45) is 5.92 Å². The van der Waals surface area contributed by atoms with Crippen LogP contribution in [0.25, 0.3) is 0 Å². The molecule has 302 valence electrons. The van der Waals surface area contributed by atoms with E-state index in [2.05, 4.69) is 16.0 Å². The molecule has 0 aromatic heterocycles. The Balaban J connectivity index is 1.09. The van der Waals surface area contributed by atoms with Crippen LogP contribution in [0.5, 0.6) is 0 Å². The number of hydrogen-bond donors (Lipinski definition) is 3. The third-order valence-electron chi connectivity index (χ3n) is 9.71. The first-order valence-electron chi connectivity index (χ1n) is 18.7. The number of benzene rings is 2. The number of rotatable bonds is 22. The summed E-state index contributed by atoms with van der Waals surface area (Å²) < 4.78 is 70.3. The summed E-state index contributed by atoms with van der Waals surface area (Å²) in [5, 5.41) is 7.92. The molecule has 55 heavy (non-hydrogen) atoms. The van der Waals surface area contributed by atoms with Crippen LogP contribution in [0.4, 0.5) is 23.2 Å². The third kappa shape index (κ3) is 14.3. The van der Waals surface area contributed by atoms with E-state index < -0.39 is 48.9 Å². The molecule has 16 heteroatoms. The molecular formula is C39H50F4N4O8. The van der Waals surface area contributed by atoms with Gasteiger partial charge in [-0.05, 0) is 73.6 Å². The van der Waals surface area contributed by atoms with Crippen molar-refractivity contribution >= 4 is 35.1 Å². The Morgan fingerprint density at radius 1 is 0.836 bits per heavy atom. The van der Waals surface area contributed by atoms with Crippen molar-refractivity contribution in [3.05, 3.63) is 65.0 Å². The maximum atomic E-state index is 13.6. The van der Waals surface area contributed by atoms with Crippen molar-refractivity contribution in [3.63, 3.8) is 0 Å². The van der Waals surface area contributed by atoms with Crippen molar-refractivity contribution in [2.45, 2.75) is 83.0 Å². The van der Waals surface area contributed by atoms with Gasteiger partial charge in [-0.3, -0.25) is 24.0 Å². The first-order valence-corrected chi connectivity index (χ1v) is 18.7. The first-order chi connectivity index (χ1) is 26.3. The number of carbonyl (C=O) groups is 5. The van der Waals surface area contributed by atoms with Crippen LogP contribution in [0.2, 0.25) is 0 Å². The fraction of sp³-hybridized carbons (Fsp3) is 0.564. The van der Waals surface area contributed by atoms with Gasteiger partial charge >= 0.3 is 6.18 Å². The average Bonchev–Trinajstić information content (AvgIpc) is 3.85. The van der Waals surface area contributed by atoms with E-state index >= 15 is 0 Å². The minimum atomic E-state index is -4.72. The summed E-state index contributed by atoms with van der Waals surface area (Å²) in [5.74, 6) is -3.03. The van der Waals surface area contributed by atoms with E-state index in [1.54, 1.807) is 18.2 Å². The number of amides is 4. The lowest BCUT2D eigenvalue weighted by molar-refractivity contribution is -0.186. The van der Waals surface area contributed by atoms with E-state index in [1.807, 2.05) is 0 Å². The van der Waals surface area contributed by atoms with Crippen molar-refractivity contribution in [1.29, 1.82) is 0 Å². The van der Waals surface area contributed by atoms with Crippen molar-refractivity contribution in [1.82, 2.24) is 15.5 Å². The monoisotopic (exact) mass is 778 g/mol. The Morgan fingerprint density at radius 3 is 2.18 bits per heavy atom. The van der Waals surface area contributed by atoms with E-state index in [-0.39, 0.29) is 56.1 Å². The molecule has 0 saturated heterocycles. The zero-order valence-corrected chi connectivity index (χ0v) is 31.0. The lowest BCUT2D eigenvalue weighted by Gasteiger charge is -2.31. The average molecular weight is 779 g/mol. The molecule has 0 aliphatic heterocycles. The van der Waals surface area contributed by atoms with Gasteiger partial charge in [-0.2, -0.15) is 13.2 Å². The zero-order valence-electron chi connectivity index (χ0n) is 31.0. The highest BCUT2D eigenvalue weighted by Gasteiger charge is 2.42. The van der Waals surface area contributed by atoms with Crippen LogP contribution in [-0.4, -0.2) is 99.3 Å². The van der Waals surface area contributed by atoms with Gasteiger partial charge in [-0.15, -0.1) is 0 Å². The molecule has 1 unspecified atom stereocenters. The van der Waals surface area contributed by atoms with Crippen LogP contribution < -0.4 is 16.0 Å². The Morgan fingerprint density at radius 2 is 1.49 bits per heavy atom. The number of nitrogens with one attached hydrogen (secondary N) is 3. The highest BCUT2D eigenvalue weighted by molar-refractivity contribution is 5.94. The highest BCUT2D eigenvalue weighted by Crippen LogP contribution is 2.35. The minimum absolute atomic E-state index is 0.0345. The topological polar surface area (TPSA) is 152 Å². The molecule has 12 nitrogen and oxygen atoms in total. The molecule has 2 aliphatic rings. The molecule has 3 N–H and O–H groups in total. The predicted molar refractivity (Wildman–Crippen MR) is 193 cm³/mol. The highest BCUT2D eigenvalue weighted by atomic mass is 19.4. The lowest BCUT2D eigenvalue weighted by Crippen LogP contribution is -2.50. The molecular weight excluding hydrogens is 728 g/mol. The van der Waals surface area contributed by atoms with E-state index in [4.69, 9.17) is 14.2 Å². The van der Waals surface area contributed by atoms with Crippen LogP contribution in [-0.2, 0) is 51.1 Å². The SMILES string of the molecule is C[C@H](N(Cc1ccc(F)cc1)C(=O)CNC(=O)C1CCc2cc(NC(=O)CCC(=O)NCCOCCOCCOCC(=O)C3CCCC3)ccc21)C(F)(F)F. The number of ketones is 1. The zero-order chi connectivity index (χ0) is 39.8. The lowest BCUT2D eigenvalue weighted by atomic mass is 10.00. The number of fused-ring (bicyclic) bond motifs is 1. The number of aryl methyl sites for hydroxylation is 1. The summed E-state index contributed by atoms with van der Waals surface area (Å²) in [6, 6.07) is 7.66.